The molecule has 0 saturated heterocycles. The quantitative estimate of drug-likeness (QED) is 0.583. The standard InChI is InChI=1S/C4H4N2O.C3H4N2/c7-4-2-1-3-5-6-4;1-2-4-5-3-1/h1-3H,(H,6,7);1-3H,(H,4,5). The Bertz CT molecular complexity index is 306. The highest BCUT2D eigenvalue weighted by atomic mass is 16.1. The first kappa shape index (κ1) is 8.19. The summed E-state index contributed by atoms with van der Waals surface area (Å²) in [6, 6.07) is 4.83. The van der Waals surface area contributed by atoms with Gasteiger partial charge in [-0.1, -0.05) is 0 Å². The molecule has 2 N–H and O–H groups in total. The predicted octanol–water partition coefficient (Wildman–Crippen LogP) is 0.180. The van der Waals surface area contributed by atoms with E-state index in [1.54, 1.807) is 18.5 Å². The number of aromatic amines is 2. The number of hydrogen-bond donors (Lipinski definition) is 2. The topological polar surface area (TPSA) is 74.4 Å². The average molecular weight is 164 g/mol. The summed E-state index contributed by atoms with van der Waals surface area (Å²) in [4.78, 5) is 10.2. The highest BCUT2D eigenvalue weighted by Gasteiger charge is 1.70. The van der Waals surface area contributed by atoms with E-state index >= 15 is 0 Å². The number of hydrogen-bond acceptors (Lipinski definition) is 3. The highest BCUT2D eigenvalue weighted by molar-refractivity contribution is 4.81. The Morgan fingerprint density at radius 2 is 2.00 bits per heavy atom. The van der Waals surface area contributed by atoms with Crippen molar-refractivity contribution < 1.29 is 0 Å². The van der Waals surface area contributed by atoms with Gasteiger partial charge in [-0.3, -0.25) is 9.89 Å². The van der Waals surface area contributed by atoms with Crippen LogP contribution in [-0.2, 0) is 0 Å². The molecule has 0 atom stereocenters. The molecule has 0 spiro atoms. The van der Waals surface area contributed by atoms with Gasteiger partial charge in [0.05, 0.1) is 0 Å². The van der Waals surface area contributed by atoms with Gasteiger partial charge in [0.2, 0.25) is 0 Å². The molecule has 0 bridgehead atoms. The highest BCUT2D eigenvalue weighted by Crippen LogP contribution is 1.64. The van der Waals surface area contributed by atoms with Gasteiger partial charge in [0.1, 0.15) is 0 Å². The largest absolute Gasteiger partial charge is 0.286 e. The third-order valence-corrected chi connectivity index (χ3v) is 0.989. The summed E-state index contributed by atoms with van der Waals surface area (Å²) in [6.07, 6.45) is 4.97. The van der Waals surface area contributed by atoms with Crippen molar-refractivity contribution in [1.82, 2.24) is 20.4 Å². The smallest absolute Gasteiger partial charge is 0.264 e. The lowest BCUT2D eigenvalue weighted by molar-refractivity contribution is 0.988. The SMILES string of the molecule is O=c1cccn[nH]1.c1cn[nH]c1. The summed E-state index contributed by atoms with van der Waals surface area (Å²) >= 11 is 0. The Hall–Kier alpha value is -1.91. The van der Waals surface area contributed by atoms with E-state index in [0.717, 1.165) is 0 Å². The van der Waals surface area contributed by atoms with Crippen LogP contribution in [-0.4, -0.2) is 20.4 Å². The van der Waals surface area contributed by atoms with Crippen molar-refractivity contribution in [2.45, 2.75) is 0 Å². The van der Waals surface area contributed by atoms with E-state index in [4.69, 9.17) is 0 Å². The molecule has 12 heavy (non-hydrogen) atoms. The van der Waals surface area contributed by atoms with Gasteiger partial charge in [-0.2, -0.15) is 10.2 Å². The summed E-state index contributed by atoms with van der Waals surface area (Å²) in [7, 11) is 0. The zero-order valence-electron chi connectivity index (χ0n) is 6.27. The van der Waals surface area contributed by atoms with Crippen LogP contribution >= 0.6 is 0 Å². The molecule has 5 nitrogen and oxygen atoms in total. The van der Waals surface area contributed by atoms with Gasteiger partial charge in [0.15, 0.2) is 0 Å². The van der Waals surface area contributed by atoms with Crippen LogP contribution < -0.4 is 5.56 Å². The minimum atomic E-state index is -0.164. The van der Waals surface area contributed by atoms with Crippen LogP contribution in [0.3, 0.4) is 0 Å². The van der Waals surface area contributed by atoms with E-state index in [9.17, 15) is 4.79 Å². The normalized spacial score (nSPS) is 8.33. The minimum absolute atomic E-state index is 0.164. The molecule has 0 saturated carbocycles. The van der Waals surface area contributed by atoms with Gasteiger partial charge >= 0.3 is 0 Å². The minimum Gasteiger partial charge on any atom is -0.286 e. The van der Waals surface area contributed by atoms with Gasteiger partial charge in [-0.05, 0) is 12.1 Å². The van der Waals surface area contributed by atoms with Crippen LogP contribution in [0.2, 0.25) is 0 Å². The molecule has 0 aromatic carbocycles. The number of nitrogens with zero attached hydrogens (tertiary/aromatic N) is 2. The van der Waals surface area contributed by atoms with Crippen molar-refractivity contribution in [2.24, 2.45) is 0 Å². The van der Waals surface area contributed by atoms with Gasteiger partial charge in [0.25, 0.3) is 5.56 Å². The molecule has 0 unspecified atom stereocenters. The van der Waals surface area contributed by atoms with Crippen molar-refractivity contribution in [3.05, 3.63) is 47.1 Å². The third kappa shape index (κ3) is 3.31. The van der Waals surface area contributed by atoms with Crippen molar-refractivity contribution in [3.8, 4) is 0 Å². The van der Waals surface area contributed by atoms with Gasteiger partial charge in [-0.15, -0.1) is 0 Å². The summed E-state index contributed by atoms with van der Waals surface area (Å²) in [5, 5.41) is 11.9. The van der Waals surface area contributed by atoms with Crippen molar-refractivity contribution in [1.29, 1.82) is 0 Å². The maximum Gasteiger partial charge on any atom is 0.264 e. The Morgan fingerprint density at radius 1 is 1.17 bits per heavy atom. The lowest BCUT2D eigenvalue weighted by atomic mass is 10.6. The number of aromatic nitrogens is 4. The molecular formula is C7H8N4O. The number of nitrogens with one attached hydrogen (secondary N) is 2. The van der Waals surface area contributed by atoms with Crippen LogP contribution in [0, 0.1) is 0 Å². The second-order valence-corrected chi connectivity index (χ2v) is 1.88. The monoisotopic (exact) mass is 164 g/mol. The van der Waals surface area contributed by atoms with E-state index in [-0.39, 0.29) is 5.56 Å². The summed E-state index contributed by atoms with van der Waals surface area (Å²) in [6.45, 7) is 0. The first-order chi connectivity index (χ1) is 5.89. The molecule has 2 aromatic rings. The van der Waals surface area contributed by atoms with Crippen molar-refractivity contribution in [3.63, 3.8) is 0 Å². The average Bonchev–Trinajstić information content (AvgIpc) is 2.62. The van der Waals surface area contributed by atoms with E-state index < -0.39 is 0 Å². The second-order valence-electron chi connectivity index (χ2n) is 1.88. The third-order valence-electron chi connectivity index (χ3n) is 0.989. The van der Waals surface area contributed by atoms with E-state index in [0.29, 0.717) is 0 Å². The lowest BCUT2D eigenvalue weighted by Gasteiger charge is -1.72. The molecule has 0 amide bonds. The van der Waals surface area contributed by atoms with E-state index in [1.807, 2.05) is 6.07 Å². The number of rotatable bonds is 0. The van der Waals surface area contributed by atoms with Crippen LogP contribution in [0.4, 0.5) is 0 Å². The van der Waals surface area contributed by atoms with Gasteiger partial charge < -0.3 is 0 Å². The molecule has 0 aliphatic carbocycles. The van der Waals surface area contributed by atoms with E-state index in [2.05, 4.69) is 20.4 Å². The molecule has 5 heteroatoms. The fraction of sp³-hybridized carbons (Fsp3) is 0. The van der Waals surface area contributed by atoms with Crippen LogP contribution in [0.1, 0.15) is 0 Å². The Morgan fingerprint density at radius 3 is 2.25 bits per heavy atom. The molecule has 0 radical (unpaired) electrons. The Balaban J connectivity index is 0.000000127. The molecule has 2 rings (SSSR count). The van der Waals surface area contributed by atoms with E-state index in [1.165, 1.54) is 12.3 Å². The van der Waals surface area contributed by atoms with Crippen LogP contribution in [0.15, 0.2) is 41.6 Å². The summed E-state index contributed by atoms with van der Waals surface area (Å²) in [5.41, 5.74) is -0.164. The van der Waals surface area contributed by atoms with Crippen molar-refractivity contribution in [2.75, 3.05) is 0 Å². The van der Waals surface area contributed by atoms with Gasteiger partial charge in [-0.25, -0.2) is 5.10 Å². The number of H-pyrrole nitrogens is 2. The maximum atomic E-state index is 10.2. The Kier molecular flexibility index (Phi) is 3.30. The molecule has 62 valence electrons. The fourth-order valence-corrected chi connectivity index (χ4v) is 0.527. The summed E-state index contributed by atoms with van der Waals surface area (Å²) in [5.74, 6) is 0. The predicted molar refractivity (Wildman–Crippen MR) is 43.4 cm³/mol. The van der Waals surface area contributed by atoms with Crippen molar-refractivity contribution >= 4 is 0 Å². The van der Waals surface area contributed by atoms with Gasteiger partial charge in [0, 0.05) is 24.7 Å². The lowest BCUT2D eigenvalue weighted by Crippen LogP contribution is -2.02. The zero-order chi connectivity index (χ0) is 8.65. The first-order valence-corrected chi connectivity index (χ1v) is 3.33. The van der Waals surface area contributed by atoms with Crippen LogP contribution in [0.5, 0.6) is 0 Å². The summed E-state index contributed by atoms with van der Waals surface area (Å²) < 4.78 is 0. The molecule has 2 aromatic heterocycles. The fourth-order valence-electron chi connectivity index (χ4n) is 0.527. The zero-order valence-corrected chi connectivity index (χ0v) is 6.27. The molecule has 0 aliphatic rings. The maximum absolute atomic E-state index is 10.2. The molecule has 0 fully saturated rings. The first-order valence-electron chi connectivity index (χ1n) is 3.33. The Labute approximate surface area is 68.5 Å². The molecule has 2 heterocycles. The molecular weight excluding hydrogens is 156 g/mol. The van der Waals surface area contributed by atoms with Crippen LogP contribution in [0.25, 0.3) is 0 Å². The molecule has 0 aliphatic heterocycles. The second kappa shape index (κ2) is 4.84.